The number of nitrogens with two attached hydrogens (primary N) is 1. The van der Waals surface area contributed by atoms with E-state index in [2.05, 4.69) is 22.0 Å². The molecule has 1 atom stereocenters. The van der Waals surface area contributed by atoms with Gasteiger partial charge in [0.05, 0.1) is 5.02 Å². The van der Waals surface area contributed by atoms with E-state index in [1.54, 1.807) is 0 Å². The van der Waals surface area contributed by atoms with Gasteiger partial charge in [-0.3, -0.25) is 4.90 Å². The predicted octanol–water partition coefficient (Wildman–Crippen LogP) is 0.952. The van der Waals surface area contributed by atoms with Crippen LogP contribution in [-0.4, -0.2) is 54.8 Å². The van der Waals surface area contributed by atoms with Crippen LogP contribution in [0.25, 0.3) is 0 Å². The molecule has 0 spiro atoms. The molecule has 21 heavy (non-hydrogen) atoms. The van der Waals surface area contributed by atoms with E-state index >= 15 is 0 Å². The van der Waals surface area contributed by atoms with Crippen molar-refractivity contribution in [3.63, 3.8) is 0 Å². The molecule has 1 fully saturated rings. The van der Waals surface area contributed by atoms with E-state index in [1.807, 2.05) is 0 Å². The first-order valence-electron chi connectivity index (χ1n) is 6.78. The summed E-state index contributed by atoms with van der Waals surface area (Å²) < 4.78 is 26.8. The van der Waals surface area contributed by atoms with Gasteiger partial charge >= 0.3 is 0 Å². The summed E-state index contributed by atoms with van der Waals surface area (Å²) in [7, 11) is -3.64. The second kappa shape index (κ2) is 5.57. The van der Waals surface area contributed by atoms with E-state index in [4.69, 9.17) is 17.3 Å². The highest BCUT2D eigenvalue weighted by atomic mass is 35.5. The fourth-order valence-electron chi connectivity index (χ4n) is 2.80. The number of nitrogens with zero attached hydrogens (tertiary/aromatic N) is 3. The lowest BCUT2D eigenvalue weighted by Gasteiger charge is -2.23. The van der Waals surface area contributed by atoms with Crippen molar-refractivity contribution in [2.45, 2.75) is 17.4 Å². The zero-order valence-corrected chi connectivity index (χ0v) is 13.0. The third kappa shape index (κ3) is 2.78. The molecule has 0 saturated carbocycles. The molecule has 0 aliphatic carbocycles. The van der Waals surface area contributed by atoms with Gasteiger partial charge in [-0.05, 0) is 12.5 Å². The second-order valence-electron chi connectivity index (χ2n) is 5.27. The number of rotatable bonds is 3. The number of aromatic nitrogens is 1. The molecule has 0 radical (unpaired) electrons. The summed E-state index contributed by atoms with van der Waals surface area (Å²) in [6, 6.07) is 1.62. The van der Waals surface area contributed by atoms with E-state index in [9.17, 15) is 8.42 Å². The molecule has 114 valence electrons. The molecule has 3 heterocycles. The molecule has 1 unspecified atom stereocenters. The van der Waals surface area contributed by atoms with Gasteiger partial charge in [0.15, 0.2) is 0 Å². The minimum Gasteiger partial charge on any atom is -0.383 e. The monoisotopic (exact) mass is 328 g/mol. The molecule has 1 saturated heterocycles. The maximum Gasteiger partial charge on any atom is 0.246 e. The largest absolute Gasteiger partial charge is 0.383 e. The molecule has 1 aromatic rings. The lowest BCUT2D eigenvalue weighted by atomic mass is 10.2. The molecule has 3 rings (SSSR count). The fraction of sp³-hybridized carbons (Fsp3) is 0.462. The minimum absolute atomic E-state index is 0.00445. The molecule has 6 nitrogen and oxygen atoms in total. The van der Waals surface area contributed by atoms with Gasteiger partial charge in [0.2, 0.25) is 10.0 Å². The second-order valence-corrected chi connectivity index (χ2v) is 7.61. The third-order valence-electron chi connectivity index (χ3n) is 3.96. The van der Waals surface area contributed by atoms with Gasteiger partial charge in [-0.15, -0.1) is 0 Å². The predicted molar refractivity (Wildman–Crippen MR) is 81.5 cm³/mol. The van der Waals surface area contributed by atoms with Crippen LogP contribution in [-0.2, 0) is 10.0 Å². The van der Waals surface area contributed by atoms with Crippen molar-refractivity contribution in [3.05, 3.63) is 29.4 Å². The molecular formula is C13H17ClN4O2S. The lowest BCUT2D eigenvalue weighted by Crippen LogP contribution is -2.37. The van der Waals surface area contributed by atoms with Crippen LogP contribution in [0.5, 0.6) is 0 Å². The van der Waals surface area contributed by atoms with E-state index in [0.717, 1.165) is 19.5 Å². The average molecular weight is 329 g/mol. The number of sulfonamides is 1. The van der Waals surface area contributed by atoms with Crippen molar-refractivity contribution >= 4 is 27.4 Å². The molecule has 2 N–H and O–H groups in total. The van der Waals surface area contributed by atoms with Crippen molar-refractivity contribution in [1.29, 1.82) is 0 Å². The Balaban J connectivity index is 1.81. The Morgan fingerprint density at radius 3 is 2.76 bits per heavy atom. The molecule has 1 aromatic heterocycles. The quantitative estimate of drug-likeness (QED) is 0.836. The zero-order chi connectivity index (χ0) is 15.0. The molecule has 8 heteroatoms. The molecule has 0 aromatic carbocycles. The number of hydrogen-bond acceptors (Lipinski definition) is 5. The van der Waals surface area contributed by atoms with Crippen LogP contribution in [0.15, 0.2) is 29.3 Å². The van der Waals surface area contributed by atoms with Crippen molar-refractivity contribution in [3.8, 4) is 0 Å². The summed E-state index contributed by atoms with van der Waals surface area (Å²) in [5, 5.41) is 0.266. The lowest BCUT2D eigenvalue weighted by molar-refractivity contribution is 0.261. The highest BCUT2D eigenvalue weighted by Crippen LogP contribution is 2.28. The molecule has 0 amide bonds. The maximum atomic E-state index is 12.7. The summed E-state index contributed by atoms with van der Waals surface area (Å²) >= 11 is 5.84. The Hall–Kier alpha value is -1.15. The highest BCUT2D eigenvalue weighted by molar-refractivity contribution is 7.89. The van der Waals surface area contributed by atoms with Crippen molar-refractivity contribution in [2.24, 2.45) is 0 Å². The zero-order valence-electron chi connectivity index (χ0n) is 11.4. The van der Waals surface area contributed by atoms with Crippen LogP contribution >= 0.6 is 11.6 Å². The Morgan fingerprint density at radius 2 is 2.05 bits per heavy atom. The van der Waals surface area contributed by atoms with E-state index in [1.165, 1.54) is 16.6 Å². The van der Waals surface area contributed by atoms with E-state index in [0.29, 0.717) is 13.1 Å². The number of hydrogen-bond donors (Lipinski definition) is 1. The van der Waals surface area contributed by atoms with Gasteiger partial charge in [-0.2, -0.15) is 4.31 Å². The Labute approximate surface area is 129 Å². The van der Waals surface area contributed by atoms with Crippen molar-refractivity contribution in [1.82, 2.24) is 14.2 Å². The van der Waals surface area contributed by atoms with Gasteiger partial charge in [0, 0.05) is 38.4 Å². The van der Waals surface area contributed by atoms with Crippen LogP contribution < -0.4 is 5.73 Å². The number of pyridine rings is 1. The SMILES string of the molecule is Nc1ncc(Cl)cc1S(=O)(=O)N1CCC(N2CC=CC2)C1. The number of nitrogen functional groups attached to an aromatic ring is 1. The Bertz CT molecular complexity index is 669. The summed E-state index contributed by atoms with van der Waals surface area (Å²) in [4.78, 5) is 6.10. The molecule has 2 aliphatic heterocycles. The first kappa shape index (κ1) is 14.8. The first-order valence-corrected chi connectivity index (χ1v) is 8.60. The van der Waals surface area contributed by atoms with Gasteiger partial charge in [0.1, 0.15) is 10.7 Å². The average Bonchev–Trinajstić information content (AvgIpc) is 3.11. The van der Waals surface area contributed by atoms with Crippen molar-refractivity contribution in [2.75, 3.05) is 31.9 Å². The third-order valence-corrected chi connectivity index (χ3v) is 6.06. The van der Waals surface area contributed by atoms with Gasteiger partial charge in [-0.25, -0.2) is 13.4 Å². The molecule has 2 aliphatic rings. The Morgan fingerprint density at radius 1 is 1.33 bits per heavy atom. The topological polar surface area (TPSA) is 79.5 Å². The summed E-state index contributed by atoms with van der Waals surface area (Å²) in [5.74, 6) is -0.00862. The van der Waals surface area contributed by atoms with E-state index < -0.39 is 10.0 Å². The summed E-state index contributed by atoms with van der Waals surface area (Å²) in [6.45, 7) is 2.75. The summed E-state index contributed by atoms with van der Waals surface area (Å²) in [6.07, 6.45) is 6.39. The number of anilines is 1. The maximum absolute atomic E-state index is 12.7. The molecular weight excluding hydrogens is 312 g/mol. The van der Waals surface area contributed by atoms with Crippen LogP contribution in [0.4, 0.5) is 5.82 Å². The van der Waals surface area contributed by atoms with Crippen LogP contribution in [0, 0.1) is 0 Å². The Kier molecular flexibility index (Phi) is 3.92. The molecule has 0 bridgehead atoms. The fourth-order valence-corrected chi connectivity index (χ4v) is 4.60. The van der Waals surface area contributed by atoms with Gasteiger partial charge in [0.25, 0.3) is 0 Å². The summed E-state index contributed by atoms with van der Waals surface area (Å²) in [5.41, 5.74) is 5.70. The standard InChI is InChI=1S/C13H17ClN4O2S/c14-10-7-12(13(15)16-8-10)21(19,20)18-6-3-11(9-18)17-4-1-2-5-17/h1-2,7-8,11H,3-6,9H2,(H2,15,16). The van der Waals surface area contributed by atoms with Gasteiger partial charge in [-0.1, -0.05) is 23.8 Å². The van der Waals surface area contributed by atoms with E-state index in [-0.39, 0.29) is 21.8 Å². The van der Waals surface area contributed by atoms with Gasteiger partial charge < -0.3 is 5.73 Å². The van der Waals surface area contributed by atoms with Crippen LogP contribution in [0.1, 0.15) is 6.42 Å². The smallest absolute Gasteiger partial charge is 0.246 e. The first-order chi connectivity index (χ1) is 9.98. The van der Waals surface area contributed by atoms with Crippen LogP contribution in [0.3, 0.4) is 0 Å². The highest BCUT2D eigenvalue weighted by Gasteiger charge is 2.36. The van der Waals surface area contributed by atoms with Crippen LogP contribution in [0.2, 0.25) is 5.02 Å². The van der Waals surface area contributed by atoms with Crippen molar-refractivity contribution < 1.29 is 8.42 Å². The number of halogens is 1. The minimum atomic E-state index is -3.64. The normalized spacial score (nSPS) is 24.0.